The van der Waals surface area contributed by atoms with Crippen LogP contribution in [0, 0.1) is 0 Å². The molecule has 3 aromatic carbocycles. The normalized spacial score (nSPS) is 11.8. The van der Waals surface area contributed by atoms with Crippen LogP contribution in [0.1, 0.15) is 56.7 Å². The molecule has 0 radical (unpaired) electrons. The van der Waals surface area contributed by atoms with Crippen molar-refractivity contribution >= 4 is 16.5 Å². The summed E-state index contributed by atoms with van der Waals surface area (Å²) in [6.07, 6.45) is 4.61. The van der Waals surface area contributed by atoms with Crippen molar-refractivity contribution in [2.75, 3.05) is 0 Å². The monoisotopic (exact) mass is 450 g/mol. The van der Waals surface area contributed by atoms with Crippen LogP contribution in [0.5, 0.6) is 0 Å². The molecular formula is C28H34O3S. The van der Waals surface area contributed by atoms with Gasteiger partial charge in [-0.3, -0.25) is 0 Å². The number of rotatable bonds is 10. The van der Waals surface area contributed by atoms with Gasteiger partial charge in [0.1, 0.15) is 0 Å². The third-order valence-corrected chi connectivity index (χ3v) is 8.88. The van der Waals surface area contributed by atoms with E-state index >= 15 is 0 Å². The molecule has 0 aliphatic rings. The van der Waals surface area contributed by atoms with E-state index in [9.17, 15) is 9.90 Å². The van der Waals surface area contributed by atoms with E-state index in [1.807, 2.05) is 60.7 Å². The number of aryl methyl sites for hydroxylation is 3. The number of carboxylic acid groups (broad SMARTS) is 1. The summed E-state index contributed by atoms with van der Waals surface area (Å²) < 4.78 is 6.07. The van der Waals surface area contributed by atoms with E-state index < -0.39 is 16.5 Å². The van der Waals surface area contributed by atoms with Gasteiger partial charge in [-0.05, 0) is 70.5 Å². The van der Waals surface area contributed by atoms with Crippen molar-refractivity contribution in [2.45, 2.75) is 74.0 Å². The van der Waals surface area contributed by atoms with Gasteiger partial charge < -0.3 is 9.29 Å². The second-order valence-electron chi connectivity index (χ2n) is 8.02. The SMILES string of the molecule is CCCc1cc(CCC)c(S(OC(=O)O)(c2ccccc2)c2ccccc2)c(CCC)c1. The lowest BCUT2D eigenvalue weighted by Gasteiger charge is -2.41. The maximum atomic E-state index is 12.2. The molecule has 0 fully saturated rings. The summed E-state index contributed by atoms with van der Waals surface area (Å²) in [5, 5.41) is 10.0. The van der Waals surface area contributed by atoms with Crippen LogP contribution in [-0.2, 0) is 23.4 Å². The molecule has 0 atom stereocenters. The highest BCUT2D eigenvalue weighted by Crippen LogP contribution is 2.71. The van der Waals surface area contributed by atoms with Gasteiger partial charge in [0.25, 0.3) is 0 Å². The predicted octanol–water partition coefficient (Wildman–Crippen LogP) is 8.44. The Morgan fingerprint density at radius 3 is 1.56 bits per heavy atom. The second kappa shape index (κ2) is 11.2. The molecule has 0 heterocycles. The van der Waals surface area contributed by atoms with Gasteiger partial charge in [0, 0.05) is 14.7 Å². The first-order chi connectivity index (χ1) is 15.6. The molecule has 0 bridgehead atoms. The Balaban J connectivity index is 2.47. The smallest absolute Gasteiger partial charge is 0.449 e. The molecule has 0 amide bonds. The lowest BCUT2D eigenvalue weighted by atomic mass is 9.97. The highest BCUT2D eigenvalue weighted by molar-refractivity contribution is 8.30. The fourth-order valence-corrected chi connectivity index (χ4v) is 7.75. The molecule has 0 saturated carbocycles. The van der Waals surface area contributed by atoms with Crippen molar-refractivity contribution in [3.05, 3.63) is 89.5 Å². The van der Waals surface area contributed by atoms with Crippen molar-refractivity contribution in [3.8, 4) is 0 Å². The summed E-state index contributed by atoms with van der Waals surface area (Å²) in [5.74, 6) is 0. The van der Waals surface area contributed by atoms with E-state index in [4.69, 9.17) is 4.18 Å². The average Bonchev–Trinajstić information content (AvgIpc) is 2.79. The Kier molecular flexibility index (Phi) is 8.40. The van der Waals surface area contributed by atoms with Crippen LogP contribution in [0.25, 0.3) is 0 Å². The molecule has 1 N–H and O–H groups in total. The molecule has 0 unspecified atom stereocenters. The first-order valence-corrected chi connectivity index (χ1v) is 13.1. The Morgan fingerprint density at radius 2 is 1.19 bits per heavy atom. The van der Waals surface area contributed by atoms with Gasteiger partial charge >= 0.3 is 6.16 Å². The Bertz CT molecular complexity index is 949. The van der Waals surface area contributed by atoms with Crippen LogP contribution in [0.2, 0.25) is 0 Å². The molecule has 0 saturated heterocycles. The fraction of sp³-hybridized carbons (Fsp3) is 0.321. The summed E-state index contributed by atoms with van der Waals surface area (Å²) in [5.41, 5.74) is 3.75. The molecule has 0 aliphatic heterocycles. The third-order valence-electron chi connectivity index (χ3n) is 5.51. The quantitative estimate of drug-likeness (QED) is 0.337. The summed E-state index contributed by atoms with van der Waals surface area (Å²) >= 11 is 0. The zero-order valence-electron chi connectivity index (χ0n) is 19.3. The number of benzene rings is 3. The number of hydrogen-bond acceptors (Lipinski definition) is 2. The molecule has 4 heteroatoms. The zero-order valence-corrected chi connectivity index (χ0v) is 20.2. The van der Waals surface area contributed by atoms with Gasteiger partial charge in [0.2, 0.25) is 0 Å². The van der Waals surface area contributed by atoms with E-state index in [1.54, 1.807) is 0 Å². The van der Waals surface area contributed by atoms with Gasteiger partial charge in [-0.15, -0.1) is 0 Å². The van der Waals surface area contributed by atoms with E-state index in [-0.39, 0.29) is 0 Å². The largest absolute Gasteiger partial charge is 0.517 e. The summed E-state index contributed by atoms with van der Waals surface area (Å²) in [6.45, 7) is 6.55. The molecule has 170 valence electrons. The highest BCUT2D eigenvalue weighted by atomic mass is 32.3. The molecule has 0 aliphatic carbocycles. The third kappa shape index (κ3) is 5.02. The standard InChI is InChI=1S/C28H34O3S/c1-4-13-22-20-23(14-5-2)27(24(21-22)15-6-3)32(31-28(29)30,25-16-9-7-10-17-25)26-18-11-8-12-19-26/h7-12,16-21H,4-6,13-15H2,1-3H3,(H,29,30). The molecule has 0 spiro atoms. The van der Waals surface area contributed by atoms with Crippen LogP contribution < -0.4 is 0 Å². The minimum Gasteiger partial charge on any atom is -0.449 e. The van der Waals surface area contributed by atoms with Crippen LogP contribution in [0.15, 0.2) is 87.5 Å². The van der Waals surface area contributed by atoms with Gasteiger partial charge in [0.05, 0.1) is 0 Å². The van der Waals surface area contributed by atoms with Crippen LogP contribution in [-0.4, -0.2) is 11.3 Å². The predicted molar refractivity (Wildman–Crippen MR) is 133 cm³/mol. The van der Waals surface area contributed by atoms with Crippen molar-refractivity contribution in [1.82, 2.24) is 0 Å². The molecular weight excluding hydrogens is 416 g/mol. The minimum atomic E-state index is -2.47. The fourth-order valence-electron chi connectivity index (χ4n) is 4.38. The van der Waals surface area contributed by atoms with Crippen molar-refractivity contribution in [3.63, 3.8) is 0 Å². The molecule has 3 nitrogen and oxygen atoms in total. The van der Waals surface area contributed by atoms with Crippen molar-refractivity contribution in [2.24, 2.45) is 0 Å². The topological polar surface area (TPSA) is 46.5 Å². The Morgan fingerprint density at radius 1 is 0.750 bits per heavy atom. The number of hydrogen-bond donors (Lipinski definition) is 1. The van der Waals surface area contributed by atoms with E-state index in [0.717, 1.165) is 53.2 Å². The average molecular weight is 451 g/mol. The van der Waals surface area contributed by atoms with E-state index in [2.05, 4.69) is 32.9 Å². The van der Waals surface area contributed by atoms with E-state index in [1.165, 1.54) is 16.7 Å². The lowest BCUT2D eigenvalue weighted by molar-refractivity contribution is 0.150. The second-order valence-corrected chi connectivity index (χ2v) is 10.7. The molecule has 3 aromatic rings. The van der Waals surface area contributed by atoms with Crippen LogP contribution >= 0.6 is 10.3 Å². The molecule has 0 aromatic heterocycles. The summed E-state index contributed by atoms with van der Waals surface area (Å²) in [7, 11) is -2.47. The highest BCUT2D eigenvalue weighted by Gasteiger charge is 2.39. The van der Waals surface area contributed by atoms with E-state index in [0.29, 0.717) is 0 Å². The number of carbonyl (C=O) groups is 1. The summed E-state index contributed by atoms with van der Waals surface area (Å²) in [6, 6.07) is 24.4. The van der Waals surface area contributed by atoms with Gasteiger partial charge in [-0.1, -0.05) is 88.6 Å². The maximum absolute atomic E-state index is 12.2. The zero-order chi connectivity index (χ0) is 23.0. The summed E-state index contributed by atoms with van der Waals surface area (Å²) in [4.78, 5) is 15.1. The Labute approximate surface area is 194 Å². The first-order valence-electron chi connectivity index (χ1n) is 11.6. The van der Waals surface area contributed by atoms with Gasteiger partial charge in [0.15, 0.2) is 0 Å². The Hall–Kier alpha value is -2.72. The van der Waals surface area contributed by atoms with Crippen LogP contribution in [0.4, 0.5) is 4.79 Å². The van der Waals surface area contributed by atoms with Crippen molar-refractivity contribution in [1.29, 1.82) is 0 Å². The van der Waals surface area contributed by atoms with Crippen LogP contribution in [0.3, 0.4) is 0 Å². The van der Waals surface area contributed by atoms with Gasteiger partial charge in [-0.25, -0.2) is 4.79 Å². The maximum Gasteiger partial charge on any atom is 0.517 e. The lowest BCUT2D eigenvalue weighted by Crippen LogP contribution is -2.16. The minimum absolute atomic E-state index is 0.890. The molecule has 3 rings (SSSR count). The van der Waals surface area contributed by atoms with Gasteiger partial charge in [-0.2, -0.15) is 0 Å². The molecule has 32 heavy (non-hydrogen) atoms. The van der Waals surface area contributed by atoms with Crippen molar-refractivity contribution < 1.29 is 14.1 Å². The first kappa shape index (κ1) is 23.9.